The summed E-state index contributed by atoms with van der Waals surface area (Å²) in [5.74, 6) is 0. The van der Waals surface area contributed by atoms with E-state index in [4.69, 9.17) is 0 Å². The lowest BCUT2D eigenvalue weighted by atomic mass is 9.84. The monoisotopic (exact) mass is 738 g/mol. The van der Waals surface area contributed by atoms with E-state index in [0.29, 0.717) is 0 Å². The van der Waals surface area contributed by atoms with Gasteiger partial charge in [-0.2, -0.15) is 0 Å². The Labute approximate surface area is 334 Å². The Hall–Kier alpha value is -7.06. The standard InChI is InChI=1S/C56H34S/c1-2-16-36(17-3-1)53-42-20-6-8-22-44(42)55(45-23-9-7-21-43(45)53)38-29-31-40-50-33-37(30-32-51(50)57-52(40)34-38)54-46-24-10-12-26-48(46)56(49-27-13-11-25-47(49)54)41-28-14-18-35-15-4-5-19-39(35)41/h1-34H. The number of benzene rings is 11. The molecule has 0 unspecified atom stereocenters. The summed E-state index contributed by atoms with van der Waals surface area (Å²) in [7, 11) is 0. The van der Waals surface area contributed by atoms with E-state index in [1.54, 1.807) is 0 Å². The molecule has 0 N–H and O–H groups in total. The number of thiophene rings is 1. The zero-order valence-corrected chi connectivity index (χ0v) is 31.9. The van der Waals surface area contributed by atoms with Crippen LogP contribution < -0.4 is 0 Å². The molecule has 0 aliphatic carbocycles. The van der Waals surface area contributed by atoms with Crippen molar-refractivity contribution in [2.75, 3.05) is 0 Å². The van der Waals surface area contributed by atoms with E-state index in [9.17, 15) is 0 Å². The van der Waals surface area contributed by atoms with E-state index in [0.717, 1.165) is 0 Å². The Morgan fingerprint density at radius 3 is 1.25 bits per heavy atom. The number of hydrogen-bond donors (Lipinski definition) is 0. The smallest absolute Gasteiger partial charge is 0.0361 e. The minimum atomic E-state index is 1.25. The van der Waals surface area contributed by atoms with Crippen LogP contribution in [0.2, 0.25) is 0 Å². The van der Waals surface area contributed by atoms with E-state index < -0.39 is 0 Å². The highest BCUT2D eigenvalue weighted by atomic mass is 32.1. The molecule has 0 nitrogen and oxygen atoms in total. The Morgan fingerprint density at radius 2 is 0.667 bits per heavy atom. The van der Waals surface area contributed by atoms with Crippen LogP contribution in [-0.2, 0) is 0 Å². The van der Waals surface area contributed by atoms with Gasteiger partial charge in [-0.1, -0.05) is 188 Å². The molecule has 0 saturated heterocycles. The summed E-state index contributed by atoms with van der Waals surface area (Å²) in [4.78, 5) is 0. The topological polar surface area (TPSA) is 0 Å². The van der Waals surface area contributed by atoms with Gasteiger partial charge < -0.3 is 0 Å². The number of fused-ring (bicyclic) bond motifs is 8. The van der Waals surface area contributed by atoms with Crippen LogP contribution >= 0.6 is 11.3 Å². The van der Waals surface area contributed by atoms with Gasteiger partial charge in [0.15, 0.2) is 0 Å². The maximum atomic E-state index is 2.44. The second-order valence-corrected chi connectivity index (χ2v) is 16.2. The Morgan fingerprint density at radius 1 is 0.228 bits per heavy atom. The van der Waals surface area contributed by atoms with Crippen LogP contribution in [0.5, 0.6) is 0 Å². The molecule has 0 aliphatic rings. The third-order valence-electron chi connectivity index (χ3n) is 12.0. The van der Waals surface area contributed by atoms with Crippen molar-refractivity contribution in [2.45, 2.75) is 0 Å². The highest BCUT2D eigenvalue weighted by molar-refractivity contribution is 7.25. The fourth-order valence-electron chi connectivity index (χ4n) is 9.62. The molecular formula is C56H34S. The molecule has 0 atom stereocenters. The van der Waals surface area contributed by atoms with Crippen molar-refractivity contribution in [3.05, 3.63) is 206 Å². The first-order valence-corrected chi connectivity index (χ1v) is 20.5. The van der Waals surface area contributed by atoms with E-state index >= 15 is 0 Å². The molecule has 0 amide bonds. The second-order valence-electron chi connectivity index (χ2n) is 15.1. The molecule has 0 saturated carbocycles. The zero-order valence-electron chi connectivity index (χ0n) is 31.0. The maximum absolute atomic E-state index is 2.44. The normalized spacial score (nSPS) is 11.9. The van der Waals surface area contributed by atoms with Crippen molar-refractivity contribution >= 4 is 85.4 Å². The summed E-state index contributed by atoms with van der Waals surface area (Å²) in [6, 6.07) is 76.4. The first-order valence-electron chi connectivity index (χ1n) is 19.7. The van der Waals surface area contributed by atoms with Crippen molar-refractivity contribution in [2.24, 2.45) is 0 Å². The van der Waals surface area contributed by atoms with Crippen molar-refractivity contribution in [3.63, 3.8) is 0 Å². The third kappa shape index (κ3) is 4.93. The van der Waals surface area contributed by atoms with Gasteiger partial charge in [0.25, 0.3) is 0 Å². The van der Waals surface area contributed by atoms with Gasteiger partial charge in [0.1, 0.15) is 0 Å². The highest BCUT2D eigenvalue weighted by Gasteiger charge is 2.20. The van der Waals surface area contributed by atoms with Crippen LogP contribution in [0.1, 0.15) is 0 Å². The lowest BCUT2D eigenvalue weighted by Crippen LogP contribution is -1.91. The lowest BCUT2D eigenvalue weighted by Gasteiger charge is -2.19. The quantitative estimate of drug-likeness (QED) is 0.158. The van der Waals surface area contributed by atoms with Gasteiger partial charge in [-0.15, -0.1) is 11.3 Å². The van der Waals surface area contributed by atoms with Crippen LogP contribution in [0, 0.1) is 0 Å². The lowest BCUT2D eigenvalue weighted by molar-refractivity contribution is 1.66. The summed E-state index contributed by atoms with van der Waals surface area (Å²) in [6.45, 7) is 0. The molecule has 12 rings (SSSR count). The van der Waals surface area contributed by atoms with Gasteiger partial charge in [0, 0.05) is 20.2 Å². The number of hydrogen-bond acceptors (Lipinski definition) is 1. The first kappa shape index (κ1) is 32.2. The van der Waals surface area contributed by atoms with Gasteiger partial charge in [-0.25, -0.2) is 0 Å². The minimum Gasteiger partial charge on any atom is -0.135 e. The maximum Gasteiger partial charge on any atom is 0.0361 e. The summed E-state index contributed by atoms with van der Waals surface area (Å²) in [5, 5.41) is 15.4. The SMILES string of the molecule is c1ccc(-c2c3ccccc3c(-c3ccc4c(c3)sc3ccc(-c5c6ccccc6c(-c6cccc7ccccc67)c6ccccc56)cc34)c3ccccc23)cc1. The van der Waals surface area contributed by atoms with Gasteiger partial charge in [-0.05, 0) is 117 Å². The Bertz CT molecular complexity index is 3450. The molecule has 0 aliphatic heterocycles. The summed E-state index contributed by atoms with van der Waals surface area (Å²) < 4.78 is 2.61. The summed E-state index contributed by atoms with van der Waals surface area (Å²) in [5.41, 5.74) is 10.2. The predicted octanol–water partition coefficient (Wildman–Crippen LogP) is 16.5. The summed E-state index contributed by atoms with van der Waals surface area (Å²) >= 11 is 1.89. The van der Waals surface area contributed by atoms with E-state index in [1.807, 2.05) is 11.3 Å². The molecule has 11 aromatic carbocycles. The van der Waals surface area contributed by atoms with Crippen molar-refractivity contribution < 1.29 is 0 Å². The van der Waals surface area contributed by atoms with Crippen molar-refractivity contribution in [1.29, 1.82) is 0 Å². The van der Waals surface area contributed by atoms with E-state index in [2.05, 4.69) is 206 Å². The average molecular weight is 739 g/mol. The Kier molecular flexibility index (Phi) is 7.20. The highest BCUT2D eigenvalue weighted by Crippen LogP contribution is 2.48. The second kappa shape index (κ2) is 12.7. The summed E-state index contributed by atoms with van der Waals surface area (Å²) in [6.07, 6.45) is 0. The first-order chi connectivity index (χ1) is 28.3. The van der Waals surface area contributed by atoms with Gasteiger partial charge >= 0.3 is 0 Å². The van der Waals surface area contributed by atoms with Gasteiger partial charge in [0.05, 0.1) is 0 Å². The van der Waals surface area contributed by atoms with Gasteiger partial charge in [-0.3, -0.25) is 0 Å². The largest absolute Gasteiger partial charge is 0.135 e. The van der Waals surface area contributed by atoms with Crippen LogP contribution in [0.15, 0.2) is 206 Å². The molecule has 0 fully saturated rings. The molecule has 57 heavy (non-hydrogen) atoms. The molecule has 0 radical (unpaired) electrons. The van der Waals surface area contributed by atoms with Crippen LogP contribution in [0.25, 0.3) is 119 Å². The fourth-order valence-corrected chi connectivity index (χ4v) is 10.7. The molecule has 1 heteroatoms. The predicted molar refractivity (Wildman–Crippen MR) is 249 cm³/mol. The van der Waals surface area contributed by atoms with Crippen molar-refractivity contribution in [3.8, 4) is 44.5 Å². The third-order valence-corrected chi connectivity index (χ3v) is 13.2. The van der Waals surface area contributed by atoms with Crippen molar-refractivity contribution in [1.82, 2.24) is 0 Å². The Balaban J connectivity index is 1.07. The molecule has 264 valence electrons. The molecule has 1 heterocycles. The van der Waals surface area contributed by atoms with Crippen LogP contribution in [-0.4, -0.2) is 0 Å². The average Bonchev–Trinajstić information content (AvgIpc) is 3.64. The zero-order chi connectivity index (χ0) is 37.5. The minimum absolute atomic E-state index is 1.25. The fraction of sp³-hybridized carbons (Fsp3) is 0. The molecular weight excluding hydrogens is 705 g/mol. The van der Waals surface area contributed by atoms with Gasteiger partial charge in [0.2, 0.25) is 0 Å². The van der Waals surface area contributed by atoms with E-state index in [-0.39, 0.29) is 0 Å². The van der Waals surface area contributed by atoms with Crippen LogP contribution in [0.4, 0.5) is 0 Å². The molecule has 0 spiro atoms. The van der Waals surface area contributed by atoms with Crippen LogP contribution in [0.3, 0.4) is 0 Å². The molecule has 0 bridgehead atoms. The molecule has 12 aromatic rings. The molecule has 1 aromatic heterocycles. The number of rotatable bonds is 4. The van der Waals surface area contributed by atoms with E-state index in [1.165, 1.54) is 119 Å².